The van der Waals surface area contributed by atoms with E-state index in [4.69, 9.17) is 11.3 Å². The van der Waals surface area contributed by atoms with Crippen molar-refractivity contribution in [3.63, 3.8) is 0 Å². The van der Waals surface area contributed by atoms with Gasteiger partial charge in [0.25, 0.3) is 0 Å². The second-order valence-electron chi connectivity index (χ2n) is 3.73. The Hall–Kier alpha value is -0.590. The first kappa shape index (κ1) is 10.5. The van der Waals surface area contributed by atoms with Crippen LogP contribution in [0.3, 0.4) is 0 Å². The largest absolute Gasteiger partial charge is 0.380 e. The molecule has 13 heavy (non-hydrogen) atoms. The highest BCUT2D eigenvalue weighted by Gasteiger charge is 2.25. The predicted molar refractivity (Wildman–Crippen MR) is 52.5 cm³/mol. The molecular formula is C10H18N2O. The van der Waals surface area contributed by atoms with E-state index in [2.05, 4.69) is 23.6 Å². The maximum atomic E-state index is 6.90. The van der Waals surface area contributed by atoms with Crippen LogP contribution in [-0.4, -0.2) is 43.3 Å². The van der Waals surface area contributed by atoms with Gasteiger partial charge in [0.15, 0.2) is 0 Å². The third-order valence-electron chi connectivity index (χ3n) is 2.52. The molecule has 0 aromatic carbocycles. The molecule has 0 radical (unpaired) electrons. The van der Waals surface area contributed by atoms with Gasteiger partial charge in [0.1, 0.15) is 0 Å². The lowest BCUT2D eigenvalue weighted by molar-refractivity contribution is 0.131. The molecule has 1 aliphatic heterocycles. The summed E-state index contributed by atoms with van der Waals surface area (Å²) in [7, 11) is 0. The average molecular weight is 182 g/mol. The van der Waals surface area contributed by atoms with E-state index in [0.717, 1.165) is 26.2 Å². The smallest absolute Gasteiger partial charge is 0.230 e. The zero-order chi connectivity index (χ0) is 9.68. The summed E-state index contributed by atoms with van der Waals surface area (Å²) in [6, 6.07) is 0.924. The minimum absolute atomic E-state index is 0.403. The van der Waals surface area contributed by atoms with Crippen molar-refractivity contribution in [3.05, 3.63) is 11.4 Å². The molecule has 3 nitrogen and oxygen atoms in total. The highest BCUT2D eigenvalue weighted by atomic mass is 16.5. The fourth-order valence-electron chi connectivity index (χ4n) is 1.82. The molecule has 1 fully saturated rings. The van der Waals surface area contributed by atoms with E-state index in [1.54, 1.807) is 0 Å². The average Bonchev–Trinajstić information content (AvgIpc) is 2.30. The highest BCUT2D eigenvalue weighted by molar-refractivity contribution is 4.82. The Morgan fingerprint density at radius 1 is 1.54 bits per heavy atom. The van der Waals surface area contributed by atoms with Crippen molar-refractivity contribution in [1.82, 2.24) is 4.90 Å². The van der Waals surface area contributed by atoms with Gasteiger partial charge in [0, 0.05) is 19.2 Å². The Bertz CT molecular complexity index is 186. The molecule has 1 unspecified atom stereocenters. The SMILES string of the molecule is [C-]#[N+]CC1CCOCCN1C(C)C. The molecule has 1 aliphatic rings. The molecule has 1 rings (SSSR count). The van der Waals surface area contributed by atoms with Crippen LogP contribution in [0.2, 0.25) is 0 Å². The first-order valence-electron chi connectivity index (χ1n) is 4.92. The Morgan fingerprint density at radius 2 is 2.31 bits per heavy atom. The first-order valence-corrected chi connectivity index (χ1v) is 4.92. The van der Waals surface area contributed by atoms with Gasteiger partial charge in [-0.15, -0.1) is 0 Å². The van der Waals surface area contributed by atoms with Gasteiger partial charge in [-0.25, -0.2) is 6.57 Å². The molecule has 0 amide bonds. The summed E-state index contributed by atoms with van der Waals surface area (Å²) in [5.41, 5.74) is 0. The molecule has 1 atom stereocenters. The van der Waals surface area contributed by atoms with Crippen LogP contribution in [0.15, 0.2) is 0 Å². The van der Waals surface area contributed by atoms with Crippen LogP contribution in [0.4, 0.5) is 0 Å². The van der Waals surface area contributed by atoms with Crippen LogP contribution in [0, 0.1) is 6.57 Å². The number of ether oxygens (including phenoxy) is 1. The van der Waals surface area contributed by atoms with Crippen LogP contribution < -0.4 is 0 Å². The molecule has 0 aromatic heterocycles. The molecule has 0 bridgehead atoms. The van der Waals surface area contributed by atoms with Crippen LogP contribution in [0.25, 0.3) is 4.85 Å². The summed E-state index contributed by atoms with van der Waals surface area (Å²) in [6.45, 7) is 14.5. The minimum atomic E-state index is 0.403. The van der Waals surface area contributed by atoms with Crippen LogP contribution >= 0.6 is 0 Å². The lowest BCUT2D eigenvalue weighted by Gasteiger charge is -2.29. The van der Waals surface area contributed by atoms with Crippen molar-refractivity contribution in [2.45, 2.75) is 32.4 Å². The Balaban J connectivity index is 2.56. The molecule has 0 aromatic rings. The summed E-state index contributed by atoms with van der Waals surface area (Å²) < 4.78 is 5.41. The predicted octanol–water partition coefficient (Wildman–Crippen LogP) is 1.40. The van der Waals surface area contributed by atoms with Crippen LogP contribution in [0.1, 0.15) is 20.3 Å². The lowest BCUT2D eigenvalue weighted by Crippen LogP contribution is -2.42. The van der Waals surface area contributed by atoms with E-state index in [1.165, 1.54) is 0 Å². The molecular weight excluding hydrogens is 164 g/mol. The van der Waals surface area contributed by atoms with E-state index >= 15 is 0 Å². The lowest BCUT2D eigenvalue weighted by atomic mass is 10.1. The molecule has 1 saturated heterocycles. The van der Waals surface area contributed by atoms with Gasteiger partial charge in [-0.3, -0.25) is 4.90 Å². The van der Waals surface area contributed by atoms with Gasteiger partial charge in [-0.2, -0.15) is 0 Å². The van der Waals surface area contributed by atoms with Crippen LogP contribution in [-0.2, 0) is 4.74 Å². The zero-order valence-electron chi connectivity index (χ0n) is 8.49. The second-order valence-corrected chi connectivity index (χ2v) is 3.73. The van der Waals surface area contributed by atoms with Gasteiger partial charge in [-0.1, -0.05) is 0 Å². The van der Waals surface area contributed by atoms with Gasteiger partial charge < -0.3 is 9.58 Å². The molecule has 0 N–H and O–H groups in total. The van der Waals surface area contributed by atoms with Crippen LogP contribution in [0.5, 0.6) is 0 Å². The molecule has 0 spiro atoms. The van der Waals surface area contributed by atoms with Gasteiger partial charge in [0.2, 0.25) is 6.54 Å². The zero-order valence-corrected chi connectivity index (χ0v) is 8.49. The maximum Gasteiger partial charge on any atom is 0.230 e. The third-order valence-corrected chi connectivity index (χ3v) is 2.52. The van der Waals surface area contributed by atoms with Gasteiger partial charge >= 0.3 is 0 Å². The van der Waals surface area contributed by atoms with E-state index < -0.39 is 0 Å². The Morgan fingerprint density at radius 3 is 2.92 bits per heavy atom. The van der Waals surface area contributed by atoms with E-state index in [1.807, 2.05) is 0 Å². The molecule has 3 heteroatoms. The number of hydrogen-bond acceptors (Lipinski definition) is 2. The third kappa shape index (κ3) is 2.98. The van der Waals surface area contributed by atoms with Crippen molar-refractivity contribution < 1.29 is 4.74 Å². The summed E-state index contributed by atoms with van der Waals surface area (Å²) in [6.07, 6.45) is 1.00. The Kier molecular flexibility index (Phi) is 4.20. The number of nitrogens with zero attached hydrogens (tertiary/aromatic N) is 2. The topological polar surface area (TPSA) is 16.8 Å². The quantitative estimate of drug-likeness (QED) is 0.600. The number of hydrogen-bond donors (Lipinski definition) is 0. The summed E-state index contributed by atoms with van der Waals surface area (Å²) in [5.74, 6) is 0. The van der Waals surface area contributed by atoms with Gasteiger partial charge in [-0.05, 0) is 20.3 Å². The highest BCUT2D eigenvalue weighted by Crippen LogP contribution is 2.12. The minimum Gasteiger partial charge on any atom is -0.380 e. The van der Waals surface area contributed by atoms with Crippen molar-refractivity contribution in [2.75, 3.05) is 26.3 Å². The second kappa shape index (κ2) is 5.21. The van der Waals surface area contributed by atoms with E-state index in [9.17, 15) is 0 Å². The fourth-order valence-corrected chi connectivity index (χ4v) is 1.82. The molecule has 1 heterocycles. The summed E-state index contributed by atoms with van der Waals surface area (Å²) >= 11 is 0. The summed E-state index contributed by atoms with van der Waals surface area (Å²) in [4.78, 5) is 5.87. The summed E-state index contributed by atoms with van der Waals surface area (Å²) in [5, 5.41) is 0. The monoisotopic (exact) mass is 182 g/mol. The maximum absolute atomic E-state index is 6.90. The van der Waals surface area contributed by atoms with Crippen molar-refractivity contribution in [3.8, 4) is 0 Å². The molecule has 74 valence electrons. The van der Waals surface area contributed by atoms with Crippen molar-refractivity contribution in [2.24, 2.45) is 0 Å². The molecule has 0 saturated carbocycles. The van der Waals surface area contributed by atoms with E-state index in [-0.39, 0.29) is 0 Å². The van der Waals surface area contributed by atoms with Crippen molar-refractivity contribution in [1.29, 1.82) is 0 Å². The Labute approximate surface area is 80.5 Å². The first-order chi connectivity index (χ1) is 6.25. The van der Waals surface area contributed by atoms with E-state index in [0.29, 0.717) is 18.6 Å². The normalized spacial score (nSPS) is 25.5. The fraction of sp³-hybridized carbons (Fsp3) is 0.900. The number of rotatable bonds is 2. The van der Waals surface area contributed by atoms with Crippen molar-refractivity contribution >= 4 is 0 Å². The standard InChI is InChI=1S/C10H18N2O/c1-9(2)12-5-7-13-6-4-10(12)8-11-3/h9-10H,4-8H2,1-2H3. The van der Waals surface area contributed by atoms with Gasteiger partial charge in [0.05, 0.1) is 12.6 Å². The molecule has 0 aliphatic carbocycles.